The van der Waals surface area contributed by atoms with Crippen molar-refractivity contribution in [1.29, 1.82) is 0 Å². The van der Waals surface area contributed by atoms with Gasteiger partial charge in [0.2, 0.25) is 0 Å². The van der Waals surface area contributed by atoms with E-state index in [1.165, 1.54) is 0 Å². The summed E-state index contributed by atoms with van der Waals surface area (Å²) in [5.74, 6) is -0.143. The van der Waals surface area contributed by atoms with E-state index < -0.39 is 15.9 Å². The summed E-state index contributed by atoms with van der Waals surface area (Å²) >= 11 is 0. The smallest absolute Gasteiger partial charge is 0.155 e. The van der Waals surface area contributed by atoms with Crippen molar-refractivity contribution in [1.82, 2.24) is 5.32 Å². The molecule has 0 aliphatic carbocycles. The van der Waals surface area contributed by atoms with Gasteiger partial charge in [0.1, 0.15) is 0 Å². The van der Waals surface area contributed by atoms with Crippen LogP contribution in [0.5, 0.6) is 0 Å². The number of rotatable bonds is 7. The van der Waals surface area contributed by atoms with Gasteiger partial charge >= 0.3 is 0 Å². The third-order valence-electron chi connectivity index (χ3n) is 2.54. The normalized spacial score (nSPS) is 23.5. The molecule has 0 radical (unpaired) electrons. The average Bonchev–Trinajstić information content (AvgIpc) is 2.65. The second kappa shape index (κ2) is 6.54. The Labute approximate surface area is 97.1 Å². The molecule has 1 saturated heterocycles. The molecule has 0 amide bonds. The lowest BCUT2D eigenvalue weighted by Crippen LogP contribution is -2.35. The molecule has 1 rings (SSSR count). The number of hydrogen-bond donors (Lipinski definition) is 2. The van der Waals surface area contributed by atoms with Crippen LogP contribution in [0.3, 0.4) is 0 Å². The number of sulfone groups is 1. The van der Waals surface area contributed by atoms with Crippen LogP contribution < -0.4 is 5.32 Å². The van der Waals surface area contributed by atoms with Crippen LogP contribution in [0.25, 0.3) is 0 Å². The van der Waals surface area contributed by atoms with Crippen LogP contribution in [0.15, 0.2) is 0 Å². The van der Waals surface area contributed by atoms with E-state index in [-0.39, 0.29) is 17.6 Å². The molecule has 0 aromatic carbocycles. The summed E-state index contributed by atoms with van der Waals surface area (Å²) < 4.78 is 28.7. The van der Waals surface area contributed by atoms with Crippen molar-refractivity contribution in [2.75, 3.05) is 31.2 Å². The minimum atomic E-state index is -3.21. The third kappa shape index (κ3) is 5.25. The second-order valence-corrected chi connectivity index (χ2v) is 6.33. The number of hydrogen-bond acceptors (Lipinski definition) is 5. The van der Waals surface area contributed by atoms with E-state index in [0.717, 1.165) is 19.4 Å². The predicted molar refractivity (Wildman–Crippen MR) is 62.2 cm³/mol. The Morgan fingerprint density at radius 1 is 1.56 bits per heavy atom. The highest BCUT2D eigenvalue weighted by molar-refractivity contribution is 7.91. The maximum absolute atomic E-state index is 11.7. The SMILES string of the molecule is CCNCC(O)CS(=O)(=O)CC1CCCO1. The van der Waals surface area contributed by atoms with Crippen LogP contribution in [0, 0.1) is 0 Å². The van der Waals surface area contributed by atoms with Gasteiger partial charge in [0.15, 0.2) is 9.84 Å². The zero-order valence-electron chi connectivity index (χ0n) is 9.68. The van der Waals surface area contributed by atoms with Gasteiger partial charge in [0.05, 0.1) is 23.7 Å². The summed E-state index contributed by atoms with van der Waals surface area (Å²) in [7, 11) is -3.21. The lowest BCUT2D eigenvalue weighted by Gasteiger charge is -2.14. The number of ether oxygens (including phenoxy) is 1. The second-order valence-electron chi connectivity index (χ2n) is 4.17. The van der Waals surface area contributed by atoms with Gasteiger partial charge in [-0.25, -0.2) is 8.42 Å². The Bertz CT molecular complexity index is 285. The van der Waals surface area contributed by atoms with Gasteiger partial charge in [-0.2, -0.15) is 0 Å². The van der Waals surface area contributed by atoms with E-state index in [4.69, 9.17) is 4.74 Å². The monoisotopic (exact) mass is 251 g/mol. The Hall–Kier alpha value is -0.170. The third-order valence-corrected chi connectivity index (χ3v) is 4.31. The highest BCUT2D eigenvalue weighted by Gasteiger charge is 2.25. The molecule has 1 aliphatic rings. The van der Waals surface area contributed by atoms with E-state index in [1.807, 2.05) is 6.92 Å². The molecule has 2 N–H and O–H groups in total. The van der Waals surface area contributed by atoms with E-state index in [0.29, 0.717) is 13.2 Å². The highest BCUT2D eigenvalue weighted by Crippen LogP contribution is 2.14. The maximum atomic E-state index is 11.7. The molecule has 1 heterocycles. The van der Waals surface area contributed by atoms with E-state index in [2.05, 4.69) is 5.32 Å². The maximum Gasteiger partial charge on any atom is 0.155 e. The van der Waals surface area contributed by atoms with Gasteiger partial charge in [0.25, 0.3) is 0 Å². The number of aliphatic hydroxyl groups excluding tert-OH is 1. The first-order valence-electron chi connectivity index (χ1n) is 5.74. The summed E-state index contributed by atoms with van der Waals surface area (Å²) in [6.45, 7) is 3.61. The number of nitrogens with one attached hydrogen (secondary N) is 1. The fourth-order valence-electron chi connectivity index (χ4n) is 1.79. The Morgan fingerprint density at radius 2 is 2.31 bits per heavy atom. The molecular formula is C10H21NO4S. The standard InChI is InChI=1S/C10H21NO4S/c1-2-11-6-9(12)7-16(13,14)8-10-4-3-5-15-10/h9-12H,2-8H2,1H3. The predicted octanol–water partition coefficient (Wildman–Crippen LogP) is -0.449. The number of likely N-dealkylation sites (N-methyl/N-ethyl adjacent to an activating group) is 1. The van der Waals surface area contributed by atoms with Crippen LogP contribution >= 0.6 is 0 Å². The Balaban J connectivity index is 2.32. The fourth-order valence-corrected chi connectivity index (χ4v) is 3.46. The zero-order valence-corrected chi connectivity index (χ0v) is 10.5. The summed E-state index contributed by atoms with van der Waals surface area (Å²) in [5.41, 5.74) is 0. The molecule has 0 aromatic rings. The van der Waals surface area contributed by atoms with Gasteiger partial charge in [-0.1, -0.05) is 6.92 Å². The topological polar surface area (TPSA) is 75.6 Å². The summed E-state index contributed by atoms with van der Waals surface area (Å²) in [6.07, 6.45) is 0.741. The molecule has 5 nitrogen and oxygen atoms in total. The molecule has 1 aliphatic heterocycles. The molecule has 0 saturated carbocycles. The largest absolute Gasteiger partial charge is 0.391 e. The molecule has 0 spiro atoms. The fraction of sp³-hybridized carbons (Fsp3) is 1.00. The molecule has 1 fully saturated rings. The molecule has 6 heteroatoms. The number of aliphatic hydroxyl groups is 1. The van der Waals surface area contributed by atoms with Gasteiger partial charge in [0, 0.05) is 13.2 Å². The van der Waals surface area contributed by atoms with Crippen LogP contribution in [0.2, 0.25) is 0 Å². The molecular weight excluding hydrogens is 230 g/mol. The highest BCUT2D eigenvalue weighted by atomic mass is 32.2. The van der Waals surface area contributed by atoms with E-state index >= 15 is 0 Å². The van der Waals surface area contributed by atoms with Crippen molar-refractivity contribution in [2.45, 2.75) is 32.0 Å². The molecule has 16 heavy (non-hydrogen) atoms. The van der Waals surface area contributed by atoms with Gasteiger partial charge in [-0.05, 0) is 19.4 Å². The summed E-state index contributed by atoms with van der Waals surface area (Å²) in [4.78, 5) is 0. The van der Waals surface area contributed by atoms with Crippen molar-refractivity contribution >= 4 is 9.84 Å². The lowest BCUT2D eigenvalue weighted by atomic mass is 10.3. The van der Waals surface area contributed by atoms with Crippen LogP contribution in [0.1, 0.15) is 19.8 Å². The van der Waals surface area contributed by atoms with E-state index in [1.54, 1.807) is 0 Å². The molecule has 2 unspecified atom stereocenters. The first-order valence-corrected chi connectivity index (χ1v) is 7.56. The first-order chi connectivity index (χ1) is 7.53. The van der Waals surface area contributed by atoms with Crippen molar-refractivity contribution in [3.63, 3.8) is 0 Å². The van der Waals surface area contributed by atoms with Gasteiger partial charge in [-0.3, -0.25) is 0 Å². The average molecular weight is 251 g/mol. The van der Waals surface area contributed by atoms with E-state index in [9.17, 15) is 13.5 Å². The van der Waals surface area contributed by atoms with Crippen molar-refractivity contribution in [2.24, 2.45) is 0 Å². The zero-order chi connectivity index (χ0) is 12.0. The molecule has 2 atom stereocenters. The molecule has 0 aromatic heterocycles. The molecule has 0 bridgehead atoms. The Kier molecular flexibility index (Phi) is 5.68. The Morgan fingerprint density at radius 3 is 2.88 bits per heavy atom. The van der Waals surface area contributed by atoms with Crippen molar-refractivity contribution in [3.05, 3.63) is 0 Å². The quantitative estimate of drug-likeness (QED) is 0.641. The molecule has 96 valence electrons. The van der Waals surface area contributed by atoms with Gasteiger partial charge in [-0.15, -0.1) is 0 Å². The van der Waals surface area contributed by atoms with Crippen LogP contribution in [-0.4, -0.2) is 56.9 Å². The minimum Gasteiger partial charge on any atom is -0.391 e. The summed E-state index contributed by atoms with van der Waals surface area (Å²) in [6, 6.07) is 0. The lowest BCUT2D eigenvalue weighted by molar-refractivity contribution is 0.127. The van der Waals surface area contributed by atoms with Crippen molar-refractivity contribution < 1.29 is 18.3 Å². The summed E-state index contributed by atoms with van der Waals surface area (Å²) in [5, 5.41) is 12.4. The van der Waals surface area contributed by atoms with Crippen LogP contribution in [-0.2, 0) is 14.6 Å². The first kappa shape index (κ1) is 13.9. The minimum absolute atomic E-state index is 0.0379. The van der Waals surface area contributed by atoms with Crippen molar-refractivity contribution in [3.8, 4) is 0 Å². The van der Waals surface area contributed by atoms with Crippen LogP contribution in [0.4, 0.5) is 0 Å². The van der Waals surface area contributed by atoms with Gasteiger partial charge < -0.3 is 15.2 Å².